The largest absolute Gasteiger partial charge is 0.342 e. The van der Waals surface area contributed by atoms with Crippen molar-refractivity contribution in [1.82, 2.24) is 14.9 Å². The van der Waals surface area contributed by atoms with E-state index in [4.69, 9.17) is 4.99 Å². The molecule has 6 rings (SSSR count). The zero-order valence-electron chi connectivity index (χ0n) is 23.7. The molecule has 0 bridgehead atoms. The van der Waals surface area contributed by atoms with Crippen molar-refractivity contribution in [3.05, 3.63) is 106 Å². The predicted molar refractivity (Wildman–Crippen MR) is 165 cm³/mol. The molecule has 1 fully saturated rings. The highest BCUT2D eigenvalue weighted by Gasteiger charge is 2.36. The number of imidazole rings is 1. The molecule has 3 aromatic carbocycles. The van der Waals surface area contributed by atoms with E-state index in [2.05, 4.69) is 39.2 Å². The van der Waals surface area contributed by atoms with Gasteiger partial charge in [-0.1, -0.05) is 43.3 Å². The molecule has 9 heteroatoms. The zero-order valence-corrected chi connectivity index (χ0v) is 23.7. The Morgan fingerprint density at radius 1 is 1.07 bits per heavy atom. The normalized spacial score (nSPS) is 16.9. The van der Waals surface area contributed by atoms with Gasteiger partial charge in [-0.05, 0) is 80.2 Å². The molecule has 0 spiro atoms. The van der Waals surface area contributed by atoms with Gasteiger partial charge < -0.3 is 15.2 Å². The molecule has 1 saturated heterocycles. The van der Waals surface area contributed by atoms with Crippen LogP contribution in [0.5, 0.6) is 0 Å². The van der Waals surface area contributed by atoms with E-state index in [1.54, 1.807) is 6.07 Å². The topological polar surface area (TPSA) is 117 Å². The molecule has 3 heterocycles. The summed E-state index contributed by atoms with van der Waals surface area (Å²) >= 11 is 0. The highest BCUT2D eigenvalue weighted by Crippen LogP contribution is 2.38. The molecule has 9 nitrogen and oxygen atoms in total. The van der Waals surface area contributed by atoms with E-state index in [1.165, 1.54) is 43.6 Å². The van der Waals surface area contributed by atoms with Crippen LogP contribution in [-0.4, -0.2) is 51.0 Å². The number of rotatable bonds is 10. The number of nitro benzene ring substituents is 1. The number of aromatic amines is 1. The number of non-ortho nitro benzene ring substituents is 1. The summed E-state index contributed by atoms with van der Waals surface area (Å²) < 4.78 is 0. The first-order chi connectivity index (χ1) is 20.5. The van der Waals surface area contributed by atoms with Crippen LogP contribution in [0.4, 0.5) is 17.1 Å². The van der Waals surface area contributed by atoms with E-state index in [0.717, 1.165) is 48.5 Å². The minimum absolute atomic E-state index is 0.0571. The number of nitrogens with zero attached hydrogens (tertiary/aromatic N) is 4. The second kappa shape index (κ2) is 12.1. The van der Waals surface area contributed by atoms with Gasteiger partial charge >= 0.3 is 0 Å². The number of fused-ring (bicyclic) bond motifs is 1. The summed E-state index contributed by atoms with van der Waals surface area (Å²) in [5.74, 6) is -0.102. The number of benzene rings is 3. The molecule has 2 aliphatic rings. The highest BCUT2D eigenvalue weighted by molar-refractivity contribution is 6.24. The lowest BCUT2D eigenvalue weighted by molar-refractivity contribution is -0.384. The van der Waals surface area contributed by atoms with Gasteiger partial charge in [-0.15, -0.1) is 0 Å². The fraction of sp³-hybridized carbons (Fsp3) is 0.303. The Labute approximate surface area is 244 Å². The zero-order chi connectivity index (χ0) is 29.1. The summed E-state index contributed by atoms with van der Waals surface area (Å²) in [5.41, 5.74) is 6.27. The lowest BCUT2D eigenvalue weighted by Gasteiger charge is -2.16. The molecule has 214 valence electrons. The number of H-pyrrole nitrogens is 1. The van der Waals surface area contributed by atoms with Crippen molar-refractivity contribution in [2.45, 2.75) is 44.9 Å². The summed E-state index contributed by atoms with van der Waals surface area (Å²) in [7, 11) is 0. The summed E-state index contributed by atoms with van der Waals surface area (Å²) in [4.78, 5) is 39.7. The van der Waals surface area contributed by atoms with E-state index in [9.17, 15) is 14.9 Å². The van der Waals surface area contributed by atoms with Crippen molar-refractivity contribution in [2.24, 2.45) is 4.99 Å². The number of hydrogen-bond donors (Lipinski definition) is 2. The number of anilines is 1. The summed E-state index contributed by atoms with van der Waals surface area (Å²) in [6, 6.07) is 20.5. The summed E-state index contributed by atoms with van der Waals surface area (Å²) in [6.07, 6.45) is 7.32. The Kier molecular flexibility index (Phi) is 7.92. The van der Waals surface area contributed by atoms with Gasteiger partial charge in [-0.25, -0.2) is 4.98 Å². The van der Waals surface area contributed by atoms with Crippen molar-refractivity contribution < 1.29 is 9.72 Å². The van der Waals surface area contributed by atoms with Crippen molar-refractivity contribution >= 4 is 28.7 Å². The number of aliphatic imine (C=N–C) groups is 1. The number of aryl methyl sites for hydroxylation is 2. The SMILES string of the molecule is CCc1ncc(-c2ccc(N=C(c3ccc(CCCN4CCCC4)cc3)C3C(=O)Nc4ccc([N+](=O)[O-])cc43)cc2)[nH]1. The number of carbonyl (C=O) groups is 1. The van der Waals surface area contributed by atoms with Gasteiger partial charge in [0.25, 0.3) is 5.69 Å². The number of carbonyl (C=O) groups excluding carboxylic acids is 1. The Morgan fingerprint density at radius 2 is 1.83 bits per heavy atom. The fourth-order valence-corrected chi connectivity index (χ4v) is 5.83. The number of likely N-dealkylation sites (tertiary alicyclic amines) is 1. The Hall–Kier alpha value is -4.63. The second-order valence-electron chi connectivity index (χ2n) is 10.9. The number of nitro groups is 1. The maximum Gasteiger partial charge on any atom is 0.269 e. The van der Waals surface area contributed by atoms with Gasteiger partial charge in [0.15, 0.2) is 0 Å². The minimum atomic E-state index is -0.777. The molecular formula is C33H34N6O3. The summed E-state index contributed by atoms with van der Waals surface area (Å²) in [5, 5.41) is 14.5. The average molecular weight is 563 g/mol. The lowest BCUT2D eigenvalue weighted by Crippen LogP contribution is -2.22. The molecule has 4 aromatic rings. The molecule has 1 atom stereocenters. The van der Waals surface area contributed by atoms with Crippen LogP contribution in [0.3, 0.4) is 0 Å². The Balaban J connectivity index is 1.32. The van der Waals surface area contributed by atoms with E-state index >= 15 is 0 Å². The molecule has 0 saturated carbocycles. The molecule has 2 N–H and O–H groups in total. The third-order valence-corrected chi connectivity index (χ3v) is 8.13. The van der Waals surface area contributed by atoms with Crippen molar-refractivity contribution in [2.75, 3.05) is 25.0 Å². The third-order valence-electron chi connectivity index (χ3n) is 8.13. The summed E-state index contributed by atoms with van der Waals surface area (Å²) in [6.45, 7) is 5.56. The first-order valence-electron chi connectivity index (χ1n) is 14.6. The van der Waals surface area contributed by atoms with Crippen LogP contribution in [0.1, 0.15) is 54.6 Å². The Bertz CT molecular complexity index is 1620. The molecule has 0 aliphatic carbocycles. The van der Waals surface area contributed by atoms with Crippen molar-refractivity contribution in [3.8, 4) is 11.3 Å². The molecule has 42 heavy (non-hydrogen) atoms. The number of nitrogens with one attached hydrogen (secondary N) is 2. The Morgan fingerprint density at radius 3 is 2.52 bits per heavy atom. The molecule has 1 unspecified atom stereocenters. The fourth-order valence-electron chi connectivity index (χ4n) is 5.83. The number of amides is 1. The van der Waals surface area contributed by atoms with Gasteiger partial charge in [0.2, 0.25) is 5.91 Å². The van der Waals surface area contributed by atoms with E-state index in [-0.39, 0.29) is 11.6 Å². The first-order valence-corrected chi connectivity index (χ1v) is 14.6. The molecule has 1 amide bonds. The standard InChI is InChI=1S/C33H34N6O3/c1-2-30-34-21-29(36-30)23-11-13-25(14-12-23)35-32(31-27-20-26(39(41)42)15-16-28(27)37-33(31)40)24-9-7-22(8-10-24)6-5-19-38-17-3-4-18-38/h7-16,20-21,31H,2-6,17-19H2,1H3,(H,34,36)(H,37,40). The average Bonchev–Trinajstić information content (AvgIpc) is 3.77. The molecule has 1 aromatic heterocycles. The van der Waals surface area contributed by atoms with Crippen molar-refractivity contribution in [3.63, 3.8) is 0 Å². The van der Waals surface area contributed by atoms with Gasteiger partial charge in [0, 0.05) is 29.8 Å². The maximum atomic E-state index is 13.3. The smallest absolute Gasteiger partial charge is 0.269 e. The highest BCUT2D eigenvalue weighted by atomic mass is 16.6. The van der Waals surface area contributed by atoms with E-state index in [1.807, 2.05) is 42.6 Å². The first kappa shape index (κ1) is 27.5. The minimum Gasteiger partial charge on any atom is -0.342 e. The monoisotopic (exact) mass is 562 g/mol. The van der Waals surface area contributed by atoms with E-state index < -0.39 is 10.8 Å². The van der Waals surface area contributed by atoms with Crippen LogP contribution in [-0.2, 0) is 17.6 Å². The van der Waals surface area contributed by atoms with Crippen LogP contribution >= 0.6 is 0 Å². The van der Waals surface area contributed by atoms with Crippen LogP contribution in [0.15, 0.2) is 77.9 Å². The maximum absolute atomic E-state index is 13.3. The van der Waals surface area contributed by atoms with Crippen LogP contribution < -0.4 is 5.32 Å². The molecular weight excluding hydrogens is 528 g/mol. The van der Waals surface area contributed by atoms with Crippen LogP contribution in [0, 0.1) is 10.1 Å². The van der Waals surface area contributed by atoms with Gasteiger partial charge in [-0.3, -0.25) is 19.9 Å². The number of hydrogen-bond acceptors (Lipinski definition) is 6. The third kappa shape index (κ3) is 5.87. The van der Waals surface area contributed by atoms with Crippen LogP contribution in [0.25, 0.3) is 11.3 Å². The van der Waals surface area contributed by atoms with Gasteiger partial charge in [0.05, 0.1) is 28.2 Å². The van der Waals surface area contributed by atoms with Gasteiger partial charge in [-0.2, -0.15) is 0 Å². The molecule has 0 radical (unpaired) electrons. The second-order valence-corrected chi connectivity index (χ2v) is 10.9. The van der Waals surface area contributed by atoms with Crippen molar-refractivity contribution in [1.29, 1.82) is 0 Å². The van der Waals surface area contributed by atoms with E-state index in [0.29, 0.717) is 22.6 Å². The van der Waals surface area contributed by atoms with Crippen LogP contribution in [0.2, 0.25) is 0 Å². The number of aromatic nitrogens is 2. The lowest BCUT2D eigenvalue weighted by atomic mass is 9.89. The predicted octanol–water partition coefficient (Wildman–Crippen LogP) is 6.43. The van der Waals surface area contributed by atoms with Gasteiger partial charge in [0.1, 0.15) is 11.7 Å². The quantitative estimate of drug-likeness (QED) is 0.131. The molecule has 2 aliphatic heterocycles.